The van der Waals surface area contributed by atoms with Crippen LogP contribution < -0.4 is 15.5 Å². The first-order chi connectivity index (χ1) is 16.9. The van der Waals surface area contributed by atoms with Crippen molar-refractivity contribution in [3.05, 3.63) is 70.4 Å². The van der Waals surface area contributed by atoms with Gasteiger partial charge in [-0.2, -0.15) is 0 Å². The highest BCUT2D eigenvalue weighted by molar-refractivity contribution is 6.30. The lowest BCUT2D eigenvalue weighted by Crippen LogP contribution is -2.44. The molecule has 0 aliphatic carbocycles. The molecule has 0 bridgehead atoms. The molecule has 0 saturated carbocycles. The molecular weight excluding hydrogens is 470 g/mol. The third-order valence-corrected chi connectivity index (χ3v) is 5.96. The SMILES string of the molecule is Cc1cc(NC(=O)c2ccc(N(CCN3CCOCC3)C(=O)Nc3ccc(Cl)cc3)c(C)c2)no1. The second-order valence-electron chi connectivity index (χ2n) is 8.32. The van der Waals surface area contributed by atoms with Gasteiger partial charge in [0.25, 0.3) is 5.91 Å². The maximum atomic E-state index is 13.3. The molecule has 2 N–H and O–H groups in total. The number of urea groups is 1. The summed E-state index contributed by atoms with van der Waals surface area (Å²) in [7, 11) is 0. The third-order valence-electron chi connectivity index (χ3n) is 5.70. The Hall–Kier alpha value is -3.40. The molecule has 184 valence electrons. The van der Waals surface area contributed by atoms with Crippen LogP contribution in [0.15, 0.2) is 53.1 Å². The second kappa shape index (κ2) is 11.4. The lowest BCUT2D eigenvalue weighted by molar-refractivity contribution is 0.0393. The van der Waals surface area contributed by atoms with Crippen LogP contribution in [-0.4, -0.2) is 61.4 Å². The molecule has 0 radical (unpaired) electrons. The number of carbonyl (C=O) groups is 2. The van der Waals surface area contributed by atoms with Gasteiger partial charge in [-0.15, -0.1) is 0 Å². The Morgan fingerprint density at radius 3 is 2.46 bits per heavy atom. The molecule has 1 aliphatic heterocycles. The van der Waals surface area contributed by atoms with Crippen molar-refractivity contribution in [2.75, 3.05) is 54.9 Å². The summed E-state index contributed by atoms with van der Waals surface area (Å²) < 4.78 is 10.4. The molecule has 2 aromatic carbocycles. The lowest BCUT2D eigenvalue weighted by Gasteiger charge is -2.31. The van der Waals surface area contributed by atoms with Gasteiger partial charge >= 0.3 is 6.03 Å². The van der Waals surface area contributed by atoms with Crippen molar-refractivity contribution < 1.29 is 18.8 Å². The predicted octanol–water partition coefficient (Wildman–Crippen LogP) is 4.57. The van der Waals surface area contributed by atoms with Crippen LogP contribution in [0.5, 0.6) is 0 Å². The molecule has 1 fully saturated rings. The van der Waals surface area contributed by atoms with Crippen molar-refractivity contribution in [1.82, 2.24) is 10.1 Å². The molecule has 9 nitrogen and oxygen atoms in total. The van der Waals surface area contributed by atoms with Crippen LogP contribution in [0.1, 0.15) is 21.7 Å². The number of hydrogen-bond acceptors (Lipinski definition) is 6. The molecule has 1 aliphatic rings. The smallest absolute Gasteiger partial charge is 0.326 e. The molecule has 4 rings (SSSR count). The van der Waals surface area contributed by atoms with E-state index in [0.29, 0.717) is 54.2 Å². The molecule has 0 spiro atoms. The number of nitrogens with zero attached hydrogens (tertiary/aromatic N) is 3. The van der Waals surface area contributed by atoms with Gasteiger partial charge in [-0.1, -0.05) is 16.8 Å². The van der Waals surface area contributed by atoms with Crippen LogP contribution in [0.4, 0.5) is 22.0 Å². The Morgan fingerprint density at radius 2 is 1.80 bits per heavy atom. The zero-order valence-corrected chi connectivity index (χ0v) is 20.5. The fraction of sp³-hybridized carbons (Fsp3) is 0.320. The molecule has 0 atom stereocenters. The molecule has 35 heavy (non-hydrogen) atoms. The number of amides is 3. The number of halogens is 1. The standard InChI is InChI=1S/C25H28ClN5O4/c1-17-15-19(24(32)28-23-16-18(2)35-29-23)3-8-22(17)31(10-9-30-11-13-34-14-12-30)25(33)27-21-6-4-20(26)5-7-21/h3-8,15-16H,9-14H2,1-2H3,(H,27,33)(H,28,29,32). The highest BCUT2D eigenvalue weighted by Crippen LogP contribution is 2.24. The van der Waals surface area contributed by atoms with Gasteiger partial charge in [0, 0.05) is 54.2 Å². The second-order valence-corrected chi connectivity index (χ2v) is 8.76. The zero-order valence-electron chi connectivity index (χ0n) is 19.7. The van der Waals surface area contributed by atoms with Gasteiger partial charge in [-0.3, -0.25) is 14.6 Å². The van der Waals surface area contributed by atoms with Gasteiger partial charge in [0.1, 0.15) is 5.76 Å². The molecule has 1 aromatic heterocycles. The van der Waals surface area contributed by atoms with E-state index in [9.17, 15) is 9.59 Å². The van der Waals surface area contributed by atoms with Gasteiger partial charge < -0.3 is 19.9 Å². The quantitative estimate of drug-likeness (QED) is 0.496. The summed E-state index contributed by atoms with van der Waals surface area (Å²) in [5, 5.41) is 10.1. The van der Waals surface area contributed by atoms with Gasteiger partial charge in [0.05, 0.1) is 13.2 Å². The maximum absolute atomic E-state index is 13.3. The van der Waals surface area contributed by atoms with Gasteiger partial charge in [0.15, 0.2) is 5.82 Å². The molecule has 2 heterocycles. The Bertz CT molecular complexity index is 1170. The number of nitrogens with one attached hydrogen (secondary N) is 2. The van der Waals surface area contributed by atoms with Gasteiger partial charge in [-0.25, -0.2) is 4.79 Å². The fourth-order valence-corrected chi connectivity index (χ4v) is 3.96. The Morgan fingerprint density at radius 1 is 1.06 bits per heavy atom. The van der Waals surface area contributed by atoms with Crippen LogP contribution >= 0.6 is 11.6 Å². The number of hydrogen-bond donors (Lipinski definition) is 2. The van der Waals surface area contributed by atoms with Crippen LogP contribution in [0.2, 0.25) is 5.02 Å². The number of anilines is 3. The zero-order chi connectivity index (χ0) is 24.8. The van der Waals surface area contributed by atoms with E-state index in [1.807, 2.05) is 6.92 Å². The fourth-order valence-electron chi connectivity index (χ4n) is 3.84. The summed E-state index contributed by atoms with van der Waals surface area (Å²) in [6.45, 7) is 7.83. The average Bonchev–Trinajstić information content (AvgIpc) is 3.26. The number of ether oxygens (including phenoxy) is 1. The highest BCUT2D eigenvalue weighted by Gasteiger charge is 2.21. The van der Waals surface area contributed by atoms with Crippen molar-refractivity contribution >= 4 is 40.7 Å². The van der Waals surface area contributed by atoms with E-state index < -0.39 is 0 Å². The van der Waals surface area contributed by atoms with E-state index >= 15 is 0 Å². The first kappa shape index (κ1) is 24.7. The van der Waals surface area contributed by atoms with E-state index in [0.717, 1.165) is 24.3 Å². The van der Waals surface area contributed by atoms with Gasteiger partial charge in [0.2, 0.25) is 0 Å². The topological polar surface area (TPSA) is 99.9 Å². The molecule has 3 amide bonds. The largest absolute Gasteiger partial charge is 0.379 e. The highest BCUT2D eigenvalue weighted by atomic mass is 35.5. The van der Waals surface area contributed by atoms with Crippen molar-refractivity contribution in [1.29, 1.82) is 0 Å². The van der Waals surface area contributed by atoms with Crippen LogP contribution in [0.25, 0.3) is 0 Å². The summed E-state index contributed by atoms with van der Waals surface area (Å²) in [6, 6.07) is 13.6. The average molecular weight is 498 g/mol. The summed E-state index contributed by atoms with van der Waals surface area (Å²) in [5.74, 6) is 0.650. The van der Waals surface area contributed by atoms with Crippen molar-refractivity contribution in [2.45, 2.75) is 13.8 Å². The minimum atomic E-state index is -0.307. The monoisotopic (exact) mass is 497 g/mol. The van der Waals surface area contributed by atoms with E-state index in [1.165, 1.54) is 0 Å². The number of morpholine rings is 1. The number of rotatable bonds is 7. The first-order valence-corrected chi connectivity index (χ1v) is 11.8. The van der Waals surface area contributed by atoms with Crippen molar-refractivity contribution in [3.63, 3.8) is 0 Å². The number of carbonyl (C=O) groups excluding carboxylic acids is 2. The van der Waals surface area contributed by atoms with Crippen LogP contribution in [-0.2, 0) is 4.74 Å². The van der Waals surface area contributed by atoms with Gasteiger partial charge in [-0.05, 0) is 61.9 Å². The first-order valence-electron chi connectivity index (χ1n) is 11.4. The third kappa shape index (κ3) is 6.60. The molecular formula is C25H28ClN5O4. The normalized spacial score (nSPS) is 13.9. The van der Waals surface area contributed by atoms with E-state index in [2.05, 4.69) is 20.7 Å². The minimum Gasteiger partial charge on any atom is -0.379 e. The van der Waals surface area contributed by atoms with Crippen molar-refractivity contribution in [2.24, 2.45) is 0 Å². The molecule has 0 unspecified atom stereocenters. The van der Waals surface area contributed by atoms with Crippen LogP contribution in [0.3, 0.4) is 0 Å². The number of aryl methyl sites for hydroxylation is 2. The summed E-state index contributed by atoms with van der Waals surface area (Å²) in [6.07, 6.45) is 0. The number of benzene rings is 2. The molecule has 3 aromatic rings. The predicted molar refractivity (Wildman–Crippen MR) is 135 cm³/mol. The lowest BCUT2D eigenvalue weighted by atomic mass is 10.1. The molecule has 1 saturated heterocycles. The minimum absolute atomic E-state index is 0.265. The Kier molecular flexibility index (Phi) is 8.02. The Balaban J connectivity index is 1.52. The maximum Gasteiger partial charge on any atom is 0.326 e. The van der Waals surface area contributed by atoms with Crippen molar-refractivity contribution in [3.8, 4) is 0 Å². The van der Waals surface area contributed by atoms with E-state index in [1.54, 1.807) is 60.4 Å². The molecule has 10 heteroatoms. The van der Waals surface area contributed by atoms with Crippen LogP contribution in [0, 0.1) is 13.8 Å². The Labute approximate surface area is 209 Å². The summed E-state index contributed by atoms with van der Waals surface area (Å²) in [5.41, 5.74) is 2.62. The summed E-state index contributed by atoms with van der Waals surface area (Å²) >= 11 is 5.98. The van der Waals surface area contributed by atoms with E-state index in [-0.39, 0.29) is 11.9 Å². The summed E-state index contributed by atoms with van der Waals surface area (Å²) in [4.78, 5) is 30.0. The number of aromatic nitrogens is 1. The van der Waals surface area contributed by atoms with E-state index in [4.69, 9.17) is 20.9 Å².